The van der Waals surface area contributed by atoms with E-state index < -0.39 is 58.2 Å². The van der Waals surface area contributed by atoms with Crippen molar-refractivity contribution in [3.05, 3.63) is 40.9 Å². The van der Waals surface area contributed by atoms with Crippen LogP contribution >= 0.6 is 11.3 Å². The Kier molecular flexibility index (Phi) is 8.87. The molecule has 232 valence electrons. The van der Waals surface area contributed by atoms with Crippen molar-refractivity contribution in [3.63, 3.8) is 0 Å². The topological polar surface area (TPSA) is 282 Å². The fraction of sp³-hybridized carbons (Fsp3) is 0.391. The Bertz CT molecular complexity index is 1560. The number of hydrogen-bond donors (Lipinski definition) is 7. The lowest BCUT2D eigenvalue weighted by Gasteiger charge is -2.50. The Labute approximate surface area is 248 Å². The van der Waals surface area contributed by atoms with Gasteiger partial charge in [-0.15, -0.1) is 15.6 Å². The number of aliphatic carboxylic acids is 1. The van der Waals surface area contributed by atoms with Crippen molar-refractivity contribution in [2.75, 3.05) is 12.3 Å². The molecule has 1 aromatic carbocycles. The molecule has 18 nitrogen and oxygen atoms in total. The van der Waals surface area contributed by atoms with Crippen LogP contribution in [0.15, 0.2) is 34.8 Å². The molecule has 1 aromatic heterocycles. The number of carbonyl (C=O) groups is 3. The van der Waals surface area contributed by atoms with Gasteiger partial charge in [0.25, 0.3) is 17.9 Å². The summed E-state index contributed by atoms with van der Waals surface area (Å²) in [4.78, 5) is 46.5. The third-order valence-corrected chi connectivity index (χ3v) is 7.37. The van der Waals surface area contributed by atoms with E-state index in [0.29, 0.717) is 10.6 Å². The number of hydroxylamine groups is 2. The molecule has 4 atom stereocenters. The zero-order chi connectivity index (χ0) is 31.7. The number of nitrogens with zero attached hydrogens (tertiary/aromatic N) is 3. The van der Waals surface area contributed by atoms with Gasteiger partial charge in [0.2, 0.25) is 0 Å². The number of oxime groups is 1. The Hall–Kier alpha value is -4.37. The van der Waals surface area contributed by atoms with E-state index in [-0.39, 0.29) is 34.5 Å². The SMILES string of the molecule is CC1(C)[C@H](NC(=O)C(=NO[C@@H](COc2ccc(C(=N)NC3CC3N)cc2)C(=O)O)c2csc(N)n2)C(=O)N1OS(=O)(=O)O. The summed E-state index contributed by atoms with van der Waals surface area (Å²) in [6.45, 7) is 2.17. The van der Waals surface area contributed by atoms with Crippen LogP contribution in [0.3, 0.4) is 0 Å². The predicted octanol–water partition coefficient (Wildman–Crippen LogP) is -1.17. The molecule has 9 N–H and O–H groups in total. The number of benzene rings is 1. The maximum absolute atomic E-state index is 13.1. The number of rotatable bonds is 13. The first kappa shape index (κ1) is 31.6. The number of thiazole rings is 1. The molecule has 0 spiro atoms. The summed E-state index contributed by atoms with van der Waals surface area (Å²) in [7, 11) is -5.02. The molecule has 2 aromatic rings. The summed E-state index contributed by atoms with van der Waals surface area (Å²) in [6.07, 6.45) is -0.918. The number of amidine groups is 1. The van der Waals surface area contributed by atoms with Gasteiger partial charge in [0.1, 0.15) is 29.9 Å². The first-order valence-corrected chi connectivity index (χ1v) is 14.6. The second-order valence-electron chi connectivity index (χ2n) is 10.00. The number of amides is 2. The Morgan fingerprint density at radius 1 is 1.30 bits per heavy atom. The number of anilines is 1. The van der Waals surface area contributed by atoms with Crippen LogP contribution in [0, 0.1) is 5.41 Å². The van der Waals surface area contributed by atoms with E-state index in [1.54, 1.807) is 12.1 Å². The van der Waals surface area contributed by atoms with Crippen molar-refractivity contribution in [2.24, 2.45) is 10.9 Å². The zero-order valence-electron chi connectivity index (χ0n) is 22.6. The summed E-state index contributed by atoms with van der Waals surface area (Å²) in [5.41, 5.74) is 9.91. The average molecular weight is 641 g/mol. The molecule has 20 heteroatoms. The average Bonchev–Trinajstić information content (AvgIpc) is 3.45. The minimum absolute atomic E-state index is 0.0172. The second kappa shape index (κ2) is 12.1. The number of nitrogens with one attached hydrogen (secondary N) is 3. The molecule has 43 heavy (non-hydrogen) atoms. The molecule has 0 bridgehead atoms. The number of hydrogen-bond acceptors (Lipinski definition) is 14. The van der Waals surface area contributed by atoms with Crippen LogP contribution in [0.2, 0.25) is 0 Å². The lowest BCUT2D eigenvalue weighted by atomic mass is 9.84. The molecule has 1 saturated carbocycles. The monoisotopic (exact) mass is 640 g/mol. The van der Waals surface area contributed by atoms with Crippen molar-refractivity contribution in [1.29, 1.82) is 5.41 Å². The number of β-lactam (4-membered cyclic amide) rings is 1. The number of ether oxygens (including phenoxy) is 1. The summed E-state index contributed by atoms with van der Waals surface area (Å²) < 4.78 is 40.8. The first-order chi connectivity index (χ1) is 20.1. The van der Waals surface area contributed by atoms with Crippen molar-refractivity contribution in [3.8, 4) is 5.75 Å². The van der Waals surface area contributed by atoms with E-state index in [2.05, 4.69) is 25.1 Å². The van der Waals surface area contributed by atoms with Crippen LogP contribution in [0.5, 0.6) is 5.75 Å². The molecule has 4 rings (SSSR count). The van der Waals surface area contributed by atoms with Crippen molar-refractivity contribution >= 4 is 56.2 Å². The van der Waals surface area contributed by atoms with Crippen LogP contribution < -0.4 is 26.8 Å². The minimum atomic E-state index is -5.02. The van der Waals surface area contributed by atoms with E-state index in [9.17, 15) is 27.9 Å². The van der Waals surface area contributed by atoms with Gasteiger partial charge in [-0.05, 0) is 44.5 Å². The summed E-state index contributed by atoms with van der Waals surface area (Å²) >= 11 is 0.948. The molecule has 2 unspecified atom stereocenters. The number of carboxylic acids is 1. The quantitative estimate of drug-likeness (QED) is 0.0447. The zero-order valence-corrected chi connectivity index (χ0v) is 24.2. The van der Waals surface area contributed by atoms with E-state index in [4.69, 9.17) is 31.0 Å². The molecule has 1 saturated heterocycles. The van der Waals surface area contributed by atoms with Crippen LogP contribution in [0.1, 0.15) is 31.5 Å². The highest BCUT2D eigenvalue weighted by Gasteiger charge is 2.58. The van der Waals surface area contributed by atoms with Gasteiger partial charge in [0.05, 0.1) is 5.54 Å². The largest absolute Gasteiger partial charge is 0.489 e. The maximum Gasteiger partial charge on any atom is 0.418 e. The fourth-order valence-electron chi connectivity index (χ4n) is 3.82. The highest BCUT2D eigenvalue weighted by molar-refractivity contribution is 7.80. The standard InChI is InChI=1S/C23H28N8O10S2/c1-23(2)17(20(33)31(23)41-43(36,37)38)29-19(32)16(14-9-42-22(26)28-14)30-40-15(21(34)35)8-39-11-5-3-10(4-6-11)18(25)27-13-7-12(13)24/h3-6,9,12-13,15,17H,7-8,24H2,1-2H3,(H2,25,27)(H2,26,28)(H,29,32)(H,34,35)(H,36,37,38)/t12?,13?,15-,17+/m0/s1. The van der Waals surface area contributed by atoms with Crippen molar-refractivity contribution in [2.45, 2.75) is 50.0 Å². The van der Waals surface area contributed by atoms with Crippen LogP contribution in [-0.2, 0) is 33.9 Å². The molecule has 2 fully saturated rings. The second-order valence-corrected chi connectivity index (χ2v) is 11.9. The molecule has 2 heterocycles. The van der Waals surface area contributed by atoms with Gasteiger partial charge in [-0.25, -0.2) is 9.78 Å². The molecule has 1 aliphatic carbocycles. The summed E-state index contributed by atoms with van der Waals surface area (Å²) in [6, 6.07) is 5.01. The number of carbonyl (C=O) groups excluding carboxylic acids is 2. The molecule has 0 radical (unpaired) electrons. The van der Waals surface area contributed by atoms with E-state index >= 15 is 0 Å². The van der Waals surface area contributed by atoms with E-state index in [1.807, 2.05) is 0 Å². The first-order valence-electron chi connectivity index (χ1n) is 12.4. The maximum atomic E-state index is 13.1. The third-order valence-electron chi connectivity index (χ3n) is 6.36. The molecular formula is C23H28N8O10S2. The van der Waals surface area contributed by atoms with Gasteiger partial charge < -0.3 is 36.8 Å². The van der Waals surface area contributed by atoms with E-state index in [1.165, 1.54) is 31.4 Å². The van der Waals surface area contributed by atoms with E-state index in [0.717, 1.165) is 17.8 Å². The highest BCUT2D eigenvalue weighted by atomic mass is 32.3. The smallest absolute Gasteiger partial charge is 0.418 e. The van der Waals surface area contributed by atoms with Crippen LogP contribution in [0.25, 0.3) is 0 Å². The summed E-state index contributed by atoms with van der Waals surface area (Å²) in [5.74, 6) is -3.06. The fourth-order valence-corrected chi connectivity index (χ4v) is 4.82. The Morgan fingerprint density at radius 2 is 1.95 bits per heavy atom. The van der Waals surface area contributed by atoms with Gasteiger partial charge >= 0.3 is 16.4 Å². The Balaban J connectivity index is 1.43. The number of aromatic nitrogens is 1. The number of nitrogens with two attached hydrogens (primary N) is 2. The highest BCUT2D eigenvalue weighted by Crippen LogP contribution is 2.33. The molecule has 2 aliphatic rings. The van der Waals surface area contributed by atoms with Gasteiger partial charge in [-0.2, -0.15) is 13.5 Å². The number of carboxylic acid groups (broad SMARTS) is 1. The number of nitrogen functional groups attached to an aromatic ring is 1. The van der Waals surface area contributed by atoms with Crippen molar-refractivity contribution < 1.29 is 46.3 Å². The Morgan fingerprint density at radius 3 is 2.47 bits per heavy atom. The van der Waals surface area contributed by atoms with Crippen LogP contribution in [-0.4, -0.2) is 93.8 Å². The lowest BCUT2D eigenvalue weighted by molar-refractivity contribution is -0.218. The van der Waals surface area contributed by atoms with Gasteiger partial charge in [0.15, 0.2) is 10.8 Å². The minimum Gasteiger partial charge on any atom is -0.489 e. The van der Waals surface area contributed by atoms with Gasteiger partial charge in [0, 0.05) is 23.0 Å². The molecular weight excluding hydrogens is 612 g/mol. The predicted molar refractivity (Wildman–Crippen MR) is 149 cm³/mol. The normalized spacial score (nSPS) is 21.8. The van der Waals surface area contributed by atoms with Crippen molar-refractivity contribution in [1.82, 2.24) is 20.7 Å². The van der Waals surface area contributed by atoms with Crippen LogP contribution in [0.4, 0.5) is 5.13 Å². The van der Waals surface area contributed by atoms with Gasteiger partial charge in [-0.1, -0.05) is 5.16 Å². The molecule has 1 aliphatic heterocycles. The summed E-state index contributed by atoms with van der Waals surface area (Å²) in [5, 5.41) is 28.5. The third kappa shape index (κ3) is 7.53. The molecule has 2 amide bonds. The lowest BCUT2D eigenvalue weighted by Crippen LogP contribution is -2.76. The van der Waals surface area contributed by atoms with Gasteiger partial charge in [-0.3, -0.25) is 19.6 Å².